The molecule has 3 heteroatoms. The first-order valence-electron chi connectivity index (χ1n) is 5.79. The molecule has 0 atom stereocenters. The lowest BCUT2D eigenvalue weighted by Crippen LogP contribution is -2.22. The van der Waals surface area contributed by atoms with Crippen molar-refractivity contribution >= 4 is 5.91 Å². The van der Waals surface area contributed by atoms with Crippen LogP contribution >= 0.6 is 0 Å². The van der Waals surface area contributed by atoms with Crippen molar-refractivity contribution in [3.63, 3.8) is 0 Å². The number of benzene rings is 1. The Balaban J connectivity index is 0. The van der Waals surface area contributed by atoms with Gasteiger partial charge in [-0.25, -0.2) is 0 Å². The highest BCUT2D eigenvalue weighted by atomic mass is 16.5. The zero-order valence-corrected chi connectivity index (χ0v) is 10.5. The average molecular weight is 225 g/mol. The molecule has 0 saturated carbocycles. The topological polar surface area (TPSA) is 38.3 Å². The molecule has 0 aliphatic carbocycles. The zero-order chi connectivity index (χ0) is 12.4. The molecule has 0 radical (unpaired) electrons. The first-order valence-corrected chi connectivity index (χ1v) is 5.79. The second kappa shape index (κ2) is 8.77. The number of hydrogen-bond donors (Lipinski definition) is 1. The van der Waals surface area contributed by atoms with Crippen LogP contribution < -0.4 is 10.1 Å². The number of hydrogen-bond acceptors (Lipinski definition) is 2. The summed E-state index contributed by atoms with van der Waals surface area (Å²) in [7, 11) is 0. The second-order valence-corrected chi connectivity index (χ2v) is 2.82. The van der Waals surface area contributed by atoms with Gasteiger partial charge >= 0.3 is 0 Å². The third-order valence-electron chi connectivity index (χ3n) is 1.74. The Hall–Kier alpha value is -1.51. The summed E-state index contributed by atoms with van der Waals surface area (Å²) in [6.07, 6.45) is 0. The van der Waals surface area contributed by atoms with Gasteiger partial charge in [-0.15, -0.1) is 0 Å². The van der Waals surface area contributed by atoms with E-state index in [0.29, 0.717) is 18.7 Å². The molecule has 0 aliphatic heterocycles. The quantitative estimate of drug-likeness (QED) is 0.855. The molecule has 0 aromatic heterocycles. The van der Waals surface area contributed by atoms with Gasteiger partial charge in [0.1, 0.15) is 5.75 Å². The van der Waals surface area contributed by atoms with E-state index >= 15 is 0 Å². The van der Waals surface area contributed by atoms with E-state index in [1.54, 1.807) is 12.1 Å². The number of ether oxygens (including phenoxy) is 1. The van der Waals surface area contributed by atoms with Gasteiger partial charge in [0, 0.05) is 13.5 Å². The van der Waals surface area contributed by atoms with Crippen molar-refractivity contribution in [1.82, 2.24) is 5.32 Å². The van der Waals surface area contributed by atoms with Gasteiger partial charge in [0.2, 0.25) is 0 Å². The first kappa shape index (κ1) is 14.5. The highest BCUT2D eigenvalue weighted by Gasteiger charge is 2.04. The number of nitrogens with one attached hydrogen (secondary N) is 1. The minimum absolute atomic E-state index is 0. The number of carbonyl (C=O) groups excluding carboxylic acids is 1. The fraction of sp³-hybridized carbons (Fsp3) is 0.462. The van der Waals surface area contributed by atoms with Crippen LogP contribution in [0, 0.1) is 0 Å². The maximum absolute atomic E-state index is 11.4. The summed E-state index contributed by atoms with van der Waals surface area (Å²) in [5.41, 5.74) is 0.637. The Bertz CT molecular complexity index is 316. The van der Waals surface area contributed by atoms with Crippen molar-refractivity contribution in [3.05, 3.63) is 29.8 Å². The van der Waals surface area contributed by atoms with E-state index in [4.69, 9.17) is 4.74 Å². The first-order chi connectivity index (χ1) is 7.77. The average Bonchev–Trinajstić information content (AvgIpc) is 2.33. The van der Waals surface area contributed by atoms with Crippen LogP contribution in [0.1, 0.15) is 39.5 Å². The van der Waals surface area contributed by atoms with Gasteiger partial charge in [-0.2, -0.15) is 0 Å². The summed E-state index contributed by atoms with van der Waals surface area (Å²) < 4.78 is 5.29. The van der Waals surface area contributed by atoms with Gasteiger partial charge < -0.3 is 10.1 Å². The second-order valence-electron chi connectivity index (χ2n) is 2.82. The molecule has 0 fully saturated rings. The van der Waals surface area contributed by atoms with E-state index in [-0.39, 0.29) is 7.33 Å². The van der Waals surface area contributed by atoms with Crippen molar-refractivity contribution in [3.8, 4) is 5.75 Å². The summed E-state index contributed by atoms with van der Waals surface area (Å²) in [5.74, 6) is 0.672. The fourth-order valence-corrected chi connectivity index (χ4v) is 1.16. The Morgan fingerprint density at radius 3 is 2.62 bits per heavy atom. The molecule has 0 heterocycles. The van der Waals surface area contributed by atoms with E-state index in [9.17, 15) is 4.79 Å². The SMILES string of the molecule is CC.CCNC(=O)c1cccc(OCC)c1.[HH]. The van der Waals surface area contributed by atoms with Crippen molar-refractivity contribution in [1.29, 1.82) is 0 Å². The van der Waals surface area contributed by atoms with E-state index in [1.807, 2.05) is 39.8 Å². The summed E-state index contributed by atoms with van der Waals surface area (Å²) in [5, 5.41) is 2.74. The lowest BCUT2D eigenvalue weighted by atomic mass is 10.2. The van der Waals surface area contributed by atoms with Crippen LogP contribution in [0.4, 0.5) is 0 Å². The molecule has 0 saturated heterocycles. The monoisotopic (exact) mass is 225 g/mol. The van der Waals surface area contributed by atoms with E-state index in [0.717, 1.165) is 5.75 Å². The van der Waals surface area contributed by atoms with Crippen LogP contribution in [0.25, 0.3) is 0 Å². The summed E-state index contributed by atoms with van der Waals surface area (Å²) >= 11 is 0. The summed E-state index contributed by atoms with van der Waals surface area (Å²) in [4.78, 5) is 11.4. The van der Waals surface area contributed by atoms with Crippen LogP contribution in [0.2, 0.25) is 0 Å². The molecule has 1 amide bonds. The van der Waals surface area contributed by atoms with Crippen molar-refractivity contribution < 1.29 is 11.0 Å². The molecule has 0 bridgehead atoms. The minimum Gasteiger partial charge on any atom is -0.494 e. The molecule has 0 unspecified atom stereocenters. The lowest BCUT2D eigenvalue weighted by Gasteiger charge is -2.05. The number of carbonyl (C=O) groups is 1. The molecule has 3 nitrogen and oxygen atoms in total. The van der Waals surface area contributed by atoms with Crippen molar-refractivity contribution in [2.45, 2.75) is 27.7 Å². The van der Waals surface area contributed by atoms with Gasteiger partial charge in [0.25, 0.3) is 5.91 Å². The molecule has 16 heavy (non-hydrogen) atoms. The normalized spacial score (nSPS) is 8.75. The molecule has 1 rings (SSSR count). The largest absolute Gasteiger partial charge is 0.494 e. The fourth-order valence-electron chi connectivity index (χ4n) is 1.16. The van der Waals surface area contributed by atoms with E-state index in [1.165, 1.54) is 0 Å². The van der Waals surface area contributed by atoms with Crippen LogP contribution in [0.5, 0.6) is 5.75 Å². The maximum Gasteiger partial charge on any atom is 0.251 e. The molecule has 0 aliphatic rings. The summed E-state index contributed by atoms with van der Waals surface area (Å²) in [6.45, 7) is 9.06. The van der Waals surface area contributed by atoms with Crippen LogP contribution in [0.3, 0.4) is 0 Å². The Morgan fingerprint density at radius 2 is 2.06 bits per heavy atom. The zero-order valence-electron chi connectivity index (χ0n) is 10.5. The Labute approximate surface area is 99.3 Å². The molecular formula is C13H23NO2. The highest BCUT2D eigenvalue weighted by Crippen LogP contribution is 2.12. The standard InChI is InChI=1S/C11H15NO2.C2H6.H2/c1-3-12-11(13)9-6-5-7-10(8-9)14-4-2;1-2;/h5-8H,3-4H2,1-2H3,(H,12,13);1-2H3;1H. The lowest BCUT2D eigenvalue weighted by molar-refractivity contribution is 0.0955. The predicted molar refractivity (Wildman–Crippen MR) is 69.1 cm³/mol. The van der Waals surface area contributed by atoms with E-state index in [2.05, 4.69) is 5.32 Å². The molecule has 1 aromatic carbocycles. The smallest absolute Gasteiger partial charge is 0.251 e. The van der Waals surface area contributed by atoms with Crippen molar-refractivity contribution in [2.75, 3.05) is 13.2 Å². The number of rotatable bonds is 4. The van der Waals surface area contributed by atoms with Gasteiger partial charge in [-0.05, 0) is 32.0 Å². The molecule has 1 aromatic rings. The van der Waals surface area contributed by atoms with Crippen LogP contribution in [-0.4, -0.2) is 19.1 Å². The van der Waals surface area contributed by atoms with Crippen LogP contribution in [-0.2, 0) is 0 Å². The predicted octanol–water partition coefficient (Wildman–Crippen LogP) is 3.11. The van der Waals surface area contributed by atoms with Gasteiger partial charge in [0.05, 0.1) is 6.61 Å². The third-order valence-corrected chi connectivity index (χ3v) is 1.74. The molecular weight excluding hydrogens is 202 g/mol. The number of amides is 1. The summed E-state index contributed by atoms with van der Waals surface area (Å²) in [6, 6.07) is 7.17. The third kappa shape index (κ3) is 4.82. The van der Waals surface area contributed by atoms with Crippen molar-refractivity contribution in [2.24, 2.45) is 0 Å². The molecule has 0 spiro atoms. The molecule has 1 N–H and O–H groups in total. The Morgan fingerprint density at radius 1 is 1.38 bits per heavy atom. The Kier molecular flexibility index (Phi) is 7.94. The van der Waals surface area contributed by atoms with Gasteiger partial charge in [-0.3, -0.25) is 4.79 Å². The maximum atomic E-state index is 11.4. The van der Waals surface area contributed by atoms with Gasteiger partial charge in [0.15, 0.2) is 0 Å². The van der Waals surface area contributed by atoms with E-state index < -0.39 is 0 Å². The van der Waals surface area contributed by atoms with Crippen LogP contribution in [0.15, 0.2) is 24.3 Å². The molecule has 92 valence electrons. The highest BCUT2D eigenvalue weighted by molar-refractivity contribution is 5.94. The minimum atomic E-state index is -0.0611. The van der Waals surface area contributed by atoms with Gasteiger partial charge in [-0.1, -0.05) is 19.9 Å².